The van der Waals surface area contributed by atoms with Gasteiger partial charge < -0.3 is 24.4 Å². The smallest absolute Gasteiger partial charge is 0.335 e. The van der Waals surface area contributed by atoms with Crippen LogP contribution in [0.3, 0.4) is 0 Å². The van der Waals surface area contributed by atoms with Crippen LogP contribution in [0.4, 0.5) is 9.18 Å². The Kier molecular flexibility index (Phi) is 9.09. The lowest BCUT2D eigenvalue weighted by molar-refractivity contribution is 0.0493. The molecule has 1 aromatic heterocycles. The van der Waals surface area contributed by atoms with E-state index in [0.717, 1.165) is 68.6 Å². The fourth-order valence-corrected chi connectivity index (χ4v) is 6.73. The Morgan fingerprint density at radius 3 is 2.45 bits per heavy atom. The highest BCUT2D eigenvalue weighted by Crippen LogP contribution is 2.37. The Balaban J connectivity index is 1.11. The third kappa shape index (κ3) is 6.56. The van der Waals surface area contributed by atoms with E-state index in [2.05, 4.69) is 17.9 Å². The normalized spacial score (nSPS) is 20.3. The monoisotopic (exact) mass is 602 g/mol. The lowest BCUT2D eigenvalue weighted by Crippen LogP contribution is -2.48. The summed E-state index contributed by atoms with van der Waals surface area (Å²) in [5.74, 6) is -0.256. The van der Waals surface area contributed by atoms with Crippen LogP contribution in [0.2, 0.25) is 0 Å². The third-order valence-corrected chi connectivity index (χ3v) is 9.08. The van der Waals surface area contributed by atoms with E-state index in [4.69, 9.17) is 19.6 Å². The van der Waals surface area contributed by atoms with E-state index >= 15 is 0 Å². The first-order valence-corrected chi connectivity index (χ1v) is 15.5. The van der Waals surface area contributed by atoms with Crippen LogP contribution >= 0.6 is 0 Å². The fraction of sp³-hybridized carbons (Fsp3) is 0.441. The van der Waals surface area contributed by atoms with Crippen LogP contribution in [0.25, 0.3) is 0 Å². The molecule has 2 amide bonds. The summed E-state index contributed by atoms with van der Waals surface area (Å²) < 4.78 is 25.7. The highest BCUT2D eigenvalue weighted by atomic mass is 19.1. The molecule has 0 aliphatic carbocycles. The van der Waals surface area contributed by atoms with Crippen molar-refractivity contribution in [2.24, 2.45) is 0 Å². The molecule has 6 rings (SSSR count). The molecule has 3 aromatic rings. The molecule has 3 saturated heterocycles. The number of ether oxygens (including phenoxy) is 2. The van der Waals surface area contributed by atoms with E-state index in [1.54, 1.807) is 24.3 Å². The average molecular weight is 603 g/mol. The number of piperidine rings is 1. The third-order valence-electron chi connectivity index (χ3n) is 9.08. The SMILES string of the molecule is CCc1nc(Oc2ccc(C(=O)O)cc2)ccc1CN1CCC(N2C(=O)N(C3CCOCC3)C[C@H]2c2cccc(F)c2)CC1. The molecule has 3 aliphatic rings. The molecule has 232 valence electrons. The minimum absolute atomic E-state index is 0.0651. The van der Waals surface area contributed by atoms with Crippen molar-refractivity contribution in [2.75, 3.05) is 32.8 Å². The minimum Gasteiger partial charge on any atom is -0.478 e. The lowest BCUT2D eigenvalue weighted by Gasteiger charge is -2.39. The largest absolute Gasteiger partial charge is 0.478 e. The summed E-state index contributed by atoms with van der Waals surface area (Å²) in [6.45, 7) is 6.43. The Bertz CT molecular complexity index is 1470. The topological polar surface area (TPSA) is 95.4 Å². The summed E-state index contributed by atoms with van der Waals surface area (Å²) in [6.07, 6.45) is 4.12. The summed E-state index contributed by atoms with van der Waals surface area (Å²) in [5, 5.41) is 9.12. The molecule has 1 N–H and O–H groups in total. The minimum atomic E-state index is -0.980. The number of benzene rings is 2. The molecular weight excluding hydrogens is 563 g/mol. The summed E-state index contributed by atoms with van der Waals surface area (Å²) in [4.78, 5) is 36.2. The average Bonchev–Trinajstić information content (AvgIpc) is 3.39. The van der Waals surface area contributed by atoms with Gasteiger partial charge in [-0.3, -0.25) is 4.90 Å². The van der Waals surface area contributed by atoms with Gasteiger partial charge in [0.1, 0.15) is 11.6 Å². The molecule has 3 fully saturated rings. The van der Waals surface area contributed by atoms with Gasteiger partial charge in [-0.2, -0.15) is 0 Å². The molecule has 44 heavy (non-hydrogen) atoms. The standard InChI is InChI=1S/C34H39FN4O5/c1-2-30-25(8-11-32(36-30)44-29-9-6-23(7-10-29)33(40)41)21-37-16-12-28(13-17-37)39-31(24-4-3-5-26(35)20-24)22-38(34(39)42)27-14-18-43-19-15-27/h3-11,20,27-28,31H,2,12-19,21-22H2,1H3,(H,40,41)/t31-/m0/s1. The summed E-state index contributed by atoms with van der Waals surface area (Å²) in [7, 11) is 0. The van der Waals surface area contributed by atoms with Crippen molar-refractivity contribution in [2.45, 2.75) is 63.7 Å². The number of aromatic nitrogens is 1. The Labute approximate surface area is 257 Å². The number of urea groups is 1. The van der Waals surface area contributed by atoms with Gasteiger partial charge in [-0.25, -0.2) is 19.0 Å². The Morgan fingerprint density at radius 1 is 1.02 bits per heavy atom. The number of aryl methyl sites for hydroxylation is 1. The predicted molar refractivity (Wildman–Crippen MR) is 162 cm³/mol. The number of aromatic carboxylic acids is 1. The molecular formula is C34H39FN4O5. The highest BCUT2D eigenvalue weighted by molar-refractivity contribution is 5.87. The lowest BCUT2D eigenvalue weighted by atomic mass is 9.98. The zero-order chi connectivity index (χ0) is 30.6. The zero-order valence-electron chi connectivity index (χ0n) is 25.0. The first kappa shape index (κ1) is 30.0. The fourth-order valence-electron chi connectivity index (χ4n) is 6.73. The number of pyridine rings is 1. The van der Waals surface area contributed by atoms with Crippen molar-refractivity contribution < 1.29 is 28.6 Å². The number of carbonyl (C=O) groups is 2. The van der Waals surface area contributed by atoms with E-state index in [-0.39, 0.29) is 35.5 Å². The number of carboxylic acids is 1. The number of carboxylic acid groups (broad SMARTS) is 1. The van der Waals surface area contributed by atoms with E-state index in [1.165, 1.54) is 18.2 Å². The highest BCUT2D eigenvalue weighted by Gasteiger charge is 2.45. The van der Waals surface area contributed by atoms with Gasteiger partial charge in [-0.15, -0.1) is 0 Å². The van der Waals surface area contributed by atoms with Crippen molar-refractivity contribution in [3.63, 3.8) is 0 Å². The van der Waals surface area contributed by atoms with Gasteiger partial charge in [0.05, 0.1) is 11.6 Å². The maximum absolute atomic E-state index is 14.3. The van der Waals surface area contributed by atoms with Crippen LogP contribution in [0.1, 0.15) is 65.8 Å². The van der Waals surface area contributed by atoms with Crippen LogP contribution in [-0.2, 0) is 17.7 Å². The van der Waals surface area contributed by atoms with Crippen LogP contribution in [0.15, 0.2) is 60.7 Å². The molecule has 0 saturated carbocycles. The number of hydrogen-bond acceptors (Lipinski definition) is 6. The van der Waals surface area contributed by atoms with Crippen LogP contribution < -0.4 is 4.74 Å². The Hall–Kier alpha value is -4.02. The number of rotatable bonds is 9. The number of likely N-dealkylation sites (tertiary alicyclic amines) is 1. The second kappa shape index (κ2) is 13.3. The summed E-state index contributed by atoms with van der Waals surface area (Å²) in [6, 6.07) is 17.0. The van der Waals surface area contributed by atoms with Crippen molar-refractivity contribution >= 4 is 12.0 Å². The Morgan fingerprint density at radius 2 is 1.77 bits per heavy atom. The number of amides is 2. The van der Waals surface area contributed by atoms with E-state index < -0.39 is 5.97 Å². The second-order valence-electron chi connectivity index (χ2n) is 11.8. The van der Waals surface area contributed by atoms with Gasteiger partial charge in [0, 0.05) is 63.2 Å². The van der Waals surface area contributed by atoms with Crippen molar-refractivity contribution in [3.8, 4) is 11.6 Å². The number of carbonyl (C=O) groups excluding carboxylic acids is 1. The van der Waals surface area contributed by atoms with Crippen molar-refractivity contribution in [1.82, 2.24) is 19.7 Å². The molecule has 10 heteroatoms. The quantitative estimate of drug-likeness (QED) is 0.326. The van der Waals surface area contributed by atoms with Gasteiger partial charge in [0.2, 0.25) is 5.88 Å². The number of halogens is 1. The van der Waals surface area contributed by atoms with E-state index in [9.17, 15) is 14.0 Å². The summed E-state index contributed by atoms with van der Waals surface area (Å²) in [5.41, 5.74) is 3.16. The molecule has 0 spiro atoms. The number of hydrogen-bond donors (Lipinski definition) is 1. The maximum Gasteiger partial charge on any atom is 0.335 e. The van der Waals surface area contributed by atoms with Gasteiger partial charge in [0.25, 0.3) is 0 Å². The number of nitrogens with zero attached hydrogens (tertiary/aromatic N) is 4. The zero-order valence-corrected chi connectivity index (χ0v) is 25.0. The van der Waals surface area contributed by atoms with Crippen molar-refractivity contribution in [3.05, 3.63) is 88.9 Å². The van der Waals surface area contributed by atoms with Crippen LogP contribution in [0.5, 0.6) is 11.6 Å². The van der Waals surface area contributed by atoms with Gasteiger partial charge in [0.15, 0.2) is 0 Å². The van der Waals surface area contributed by atoms with Gasteiger partial charge in [-0.1, -0.05) is 25.1 Å². The molecule has 0 unspecified atom stereocenters. The van der Waals surface area contributed by atoms with E-state index in [1.807, 2.05) is 21.9 Å². The molecule has 0 bridgehead atoms. The predicted octanol–water partition coefficient (Wildman–Crippen LogP) is 5.90. The summed E-state index contributed by atoms with van der Waals surface area (Å²) >= 11 is 0. The molecule has 2 aromatic carbocycles. The van der Waals surface area contributed by atoms with E-state index in [0.29, 0.717) is 31.4 Å². The first-order valence-electron chi connectivity index (χ1n) is 15.5. The molecule has 3 aliphatic heterocycles. The maximum atomic E-state index is 14.3. The second-order valence-corrected chi connectivity index (χ2v) is 11.8. The molecule has 9 nitrogen and oxygen atoms in total. The van der Waals surface area contributed by atoms with Gasteiger partial charge >= 0.3 is 12.0 Å². The molecule has 0 radical (unpaired) electrons. The molecule has 1 atom stereocenters. The first-order chi connectivity index (χ1) is 21.4. The molecule has 4 heterocycles. The van der Waals surface area contributed by atoms with Crippen LogP contribution in [0, 0.1) is 5.82 Å². The van der Waals surface area contributed by atoms with Crippen LogP contribution in [-0.4, -0.2) is 81.7 Å². The van der Waals surface area contributed by atoms with Crippen molar-refractivity contribution in [1.29, 1.82) is 0 Å². The van der Waals surface area contributed by atoms with Gasteiger partial charge in [-0.05, 0) is 79.6 Å².